The highest BCUT2D eigenvalue weighted by molar-refractivity contribution is 5.34. The van der Waals surface area contributed by atoms with Crippen molar-refractivity contribution in [1.82, 2.24) is 5.32 Å². The number of hydrogen-bond donors (Lipinski definition) is 1. The summed E-state index contributed by atoms with van der Waals surface area (Å²) in [6.45, 7) is 3.02. The standard InChI is InChI=1S/C17H19NO/c1-13-3-2-4-17(11-13)19-16-9-5-14(6-10-16)12-18-15-7-8-15/h2-6,9-11,15,18H,7-8,12H2,1H3. The fourth-order valence-electron chi connectivity index (χ4n) is 2.04. The van der Waals surface area contributed by atoms with Crippen molar-refractivity contribution < 1.29 is 4.74 Å². The van der Waals surface area contributed by atoms with Gasteiger partial charge < -0.3 is 10.1 Å². The molecule has 98 valence electrons. The minimum atomic E-state index is 0.753. The highest BCUT2D eigenvalue weighted by atomic mass is 16.5. The molecular weight excluding hydrogens is 234 g/mol. The van der Waals surface area contributed by atoms with E-state index in [1.165, 1.54) is 24.0 Å². The van der Waals surface area contributed by atoms with Gasteiger partial charge in [-0.3, -0.25) is 0 Å². The number of hydrogen-bond acceptors (Lipinski definition) is 2. The maximum absolute atomic E-state index is 5.83. The molecule has 0 aromatic heterocycles. The minimum Gasteiger partial charge on any atom is -0.457 e. The molecular formula is C17H19NO. The summed E-state index contributed by atoms with van der Waals surface area (Å²) in [6, 6.07) is 17.2. The smallest absolute Gasteiger partial charge is 0.127 e. The predicted octanol–water partition coefficient (Wildman–Crippen LogP) is 4.04. The first-order valence-electron chi connectivity index (χ1n) is 6.86. The Morgan fingerprint density at radius 2 is 1.84 bits per heavy atom. The van der Waals surface area contributed by atoms with E-state index >= 15 is 0 Å². The highest BCUT2D eigenvalue weighted by Crippen LogP contribution is 2.23. The summed E-state index contributed by atoms with van der Waals surface area (Å²) >= 11 is 0. The van der Waals surface area contributed by atoms with Gasteiger partial charge in [0.2, 0.25) is 0 Å². The van der Waals surface area contributed by atoms with Gasteiger partial charge in [-0.15, -0.1) is 0 Å². The van der Waals surface area contributed by atoms with E-state index in [1.54, 1.807) is 0 Å². The number of benzene rings is 2. The van der Waals surface area contributed by atoms with Crippen molar-refractivity contribution in [3.63, 3.8) is 0 Å². The summed E-state index contributed by atoms with van der Waals surface area (Å²) in [5, 5.41) is 3.51. The van der Waals surface area contributed by atoms with Gasteiger partial charge in [-0.2, -0.15) is 0 Å². The van der Waals surface area contributed by atoms with Crippen LogP contribution in [-0.2, 0) is 6.54 Å². The average Bonchev–Trinajstić information content (AvgIpc) is 3.22. The number of rotatable bonds is 5. The second-order valence-corrected chi connectivity index (χ2v) is 5.22. The molecule has 2 heteroatoms. The minimum absolute atomic E-state index is 0.753. The normalized spacial score (nSPS) is 14.4. The molecule has 0 unspecified atom stereocenters. The molecule has 0 saturated heterocycles. The molecule has 0 radical (unpaired) electrons. The van der Waals surface area contributed by atoms with E-state index in [9.17, 15) is 0 Å². The predicted molar refractivity (Wildman–Crippen MR) is 77.6 cm³/mol. The molecule has 0 atom stereocenters. The van der Waals surface area contributed by atoms with E-state index in [0.29, 0.717) is 0 Å². The van der Waals surface area contributed by atoms with Crippen LogP contribution in [0.25, 0.3) is 0 Å². The first kappa shape index (κ1) is 12.2. The molecule has 1 aliphatic rings. The van der Waals surface area contributed by atoms with Gasteiger partial charge in [0, 0.05) is 12.6 Å². The molecule has 3 rings (SSSR count). The van der Waals surface area contributed by atoms with Gasteiger partial charge >= 0.3 is 0 Å². The molecule has 0 aliphatic heterocycles. The Hall–Kier alpha value is -1.80. The van der Waals surface area contributed by atoms with Gasteiger partial charge in [0.15, 0.2) is 0 Å². The van der Waals surface area contributed by atoms with Crippen LogP contribution in [0.4, 0.5) is 0 Å². The van der Waals surface area contributed by atoms with Crippen LogP contribution >= 0.6 is 0 Å². The van der Waals surface area contributed by atoms with Crippen LogP contribution in [0.2, 0.25) is 0 Å². The molecule has 1 saturated carbocycles. The summed E-state index contributed by atoms with van der Waals surface area (Å²) in [7, 11) is 0. The largest absolute Gasteiger partial charge is 0.457 e. The molecule has 1 N–H and O–H groups in total. The average molecular weight is 253 g/mol. The lowest BCUT2D eigenvalue weighted by molar-refractivity contribution is 0.482. The lowest BCUT2D eigenvalue weighted by Crippen LogP contribution is -2.14. The molecule has 19 heavy (non-hydrogen) atoms. The van der Waals surface area contributed by atoms with E-state index in [2.05, 4.69) is 30.4 Å². The van der Waals surface area contributed by atoms with Crippen molar-refractivity contribution in [2.75, 3.05) is 0 Å². The second-order valence-electron chi connectivity index (χ2n) is 5.22. The van der Waals surface area contributed by atoms with E-state index in [0.717, 1.165) is 24.1 Å². The Kier molecular flexibility index (Phi) is 3.51. The van der Waals surface area contributed by atoms with Crippen molar-refractivity contribution in [2.24, 2.45) is 0 Å². The van der Waals surface area contributed by atoms with E-state index in [4.69, 9.17) is 4.74 Å². The van der Waals surface area contributed by atoms with E-state index in [1.807, 2.05) is 30.3 Å². The summed E-state index contributed by atoms with van der Waals surface area (Å²) in [4.78, 5) is 0. The van der Waals surface area contributed by atoms with Gasteiger partial charge in [0.05, 0.1) is 0 Å². The Labute approximate surface area is 114 Å². The fourth-order valence-corrected chi connectivity index (χ4v) is 2.04. The zero-order chi connectivity index (χ0) is 13.1. The zero-order valence-electron chi connectivity index (χ0n) is 11.2. The zero-order valence-corrected chi connectivity index (χ0v) is 11.2. The van der Waals surface area contributed by atoms with Crippen molar-refractivity contribution in [2.45, 2.75) is 32.4 Å². The topological polar surface area (TPSA) is 21.3 Å². The Balaban J connectivity index is 1.61. The van der Waals surface area contributed by atoms with Gasteiger partial charge in [-0.25, -0.2) is 0 Å². The third-order valence-corrected chi connectivity index (χ3v) is 3.32. The molecule has 0 heterocycles. The first-order valence-corrected chi connectivity index (χ1v) is 6.86. The molecule has 2 nitrogen and oxygen atoms in total. The highest BCUT2D eigenvalue weighted by Gasteiger charge is 2.19. The van der Waals surface area contributed by atoms with Crippen molar-refractivity contribution in [3.05, 3.63) is 59.7 Å². The van der Waals surface area contributed by atoms with Gasteiger partial charge in [0.25, 0.3) is 0 Å². The second kappa shape index (κ2) is 5.45. The van der Waals surface area contributed by atoms with Gasteiger partial charge in [-0.05, 0) is 55.2 Å². The number of nitrogens with one attached hydrogen (secondary N) is 1. The van der Waals surface area contributed by atoms with Crippen LogP contribution in [0.15, 0.2) is 48.5 Å². The van der Waals surface area contributed by atoms with Crippen LogP contribution in [0.5, 0.6) is 11.5 Å². The van der Waals surface area contributed by atoms with Gasteiger partial charge in [-0.1, -0.05) is 24.3 Å². The molecule has 2 aromatic rings. The Bertz CT molecular complexity index is 543. The Morgan fingerprint density at radius 3 is 2.53 bits per heavy atom. The maximum Gasteiger partial charge on any atom is 0.127 e. The quantitative estimate of drug-likeness (QED) is 0.868. The summed E-state index contributed by atoms with van der Waals surface area (Å²) in [5.41, 5.74) is 2.52. The Morgan fingerprint density at radius 1 is 1.05 bits per heavy atom. The molecule has 2 aromatic carbocycles. The lowest BCUT2D eigenvalue weighted by Gasteiger charge is -2.08. The summed E-state index contributed by atoms with van der Waals surface area (Å²) in [6.07, 6.45) is 2.66. The van der Waals surface area contributed by atoms with Crippen LogP contribution < -0.4 is 10.1 Å². The third kappa shape index (κ3) is 3.58. The molecule has 1 aliphatic carbocycles. The lowest BCUT2D eigenvalue weighted by atomic mass is 10.2. The number of aryl methyl sites for hydroxylation is 1. The van der Waals surface area contributed by atoms with E-state index in [-0.39, 0.29) is 0 Å². The van der Waals surface area contributed by atoms with Crippen LogP contribution in [-0.4, -0.2) is 6.04 Å². The molecule has 0 amide bonds. The van der Waals surface area contributed by atoms with E-state index < -0.39 is 0 Å². The van der Waals surface area contributed by atoms with Crippen LogP contribution in [0.3, 0.4) is 0 Å². The summed E-state index contributed by atoms with van der Waals surface area (Å²) in [5.74, 6) is 1.78. The SMILES string of the molecule is Cc1cccc(Oc2ccc(CNC3CC3)cc2)c1. The summed E-state index contributed by atoms with van der Waals surface area (Å²) < 4.78 is 5.83. The molecule has 1 fully saturated rings. The fraction of sp³-hybridized carbons (Fsp3) is 0.294. The number of ether oxygens (including phenoxy) is 1. The van der Waals surface area contributed by atoms with Gasteiger partial charge in [0.1, 0.15) is 11.5 Å². The monoisotopic (exact) mass is 253 g/mol. The van der Waals surface area contributed by atoms with Crippen molar-refractivity contribution in [3.8, 4) is 11.5 Å². The van der Waals surface area contributed by atoms with Crippen LogP contribution in [0, 0.1) is 6.92 Å². The maximum atomic E-state index is 5.83. The first-order chi connectivity index (χ1) is 9.29. The van der Waals surface area contributed by atoms with Crippen molar-refractivity contribution in [1.29, 1.82) is 0 Å². The van der Waals surface area contributed by atoms with Crippen molar-refractivity contribution >= 4 is 0 Å². The van der Waals surface area contributed by atoms with Crippen LogP contribution in [0.1, 0.15) is 24.0 Å². The molecule has 0 bridgehead atoms. The third-order valence-electron chi connectivity index (χ3n) is 3.32. The molecule has 0 spiro atoms.